The number of cyclic esters (lactones) is 2. The number of hydrogen-bond donors (Lipinski definition) is 0. The molecule has 12 heavy (non-hydrogen) atoms. The van der Waals surface area contributed by atoms with E-state index in [1.54, 1.807) is 0 Å². The molecule has 2 atom stereocenters. The zero-order valence-corrected chi connectivity index (χ0v) is 6.78. The first-order valence-electron chi connectivity index (χ1n) is 3.67. The zero-order valence-electron chi connectivity index (χ0n) is 6.78. The van der Waals surface area contributed by atoms with Crippen LogP contribution >= 0.6 is 0 Å². The predicted molar refractivity (Wildman–Crippen MR) is 40.2 cm³/mol. The summed E-state index contributed by atoms with van der Waals surface area (Å²) in [5, 5.41) is 0. The van der Waals surface area contributed by atoms with Gasteiger partial charge in [-0.2, -0.15) is 0 Å². The molecule has 66 valence electrons. The molecule has 0 bridgehead atoms. The number of carbonyl (C=O) groups is 2. The van der Waals surface area contributed by atoms with Crippen molar-refractivity contribution < 1.29 is 19.1 Å². The highest BCUT2D eigenvalue weighted by atomic mass is 16.6. The van der Waals surface area contributed by atoms with Crippen molar-refractivity contribution >= 4 is 11.9 Å². The summed E-state index contributed by atoms with van der Waals surface area (Å²) in [6.45, 7) is 4.91. The van der Waals surface area contributed by atoms with E-state index in [0.717, 1.165) is 0 Å². The first-order chi connectivity index (χ1) is 5.65. The van der Waals surface area contributed by atoms with Crippen LogP contribution in [0.15, 0.2) is 12.7 Å². The molecule has 0 amide bonds. The Balaban J connectivity index is 2.61. The first-order valence-corrected chi connectivity index (χ1v) is 3.67. The minimum atomic E-state index is -0.800. The van der Waals surface area contributed by atoms with Gasteiger partial charge in [-0.3, -0.25) is 0 Å². The molecule has 0 spiro atoms. The molecule has 1 aliphatic rings. The summed E-state index contributed by atoms with van der Waals surface area (Å²) in [4.78, 5) is 21.9. The van der Waals surface area contributed by atoms with Gasteiger partial charge in [0.25, 0.3) is 0 Å². The number of rotatable bonds is 2. The summed E-state index contributed by atoms with van der Waals surface area (Å²) in [7, 11) is 0. The molecule has 4 heteroatoms. The van der Waals surface area contributed by atoms with Crippen LogP contribution in [0.1, 0.15) is 13.3 Å². The van der Waals surface area contributed by atoms with Crippen LogP contribution in [-0.4, -0.2) is 24.1 Å². The van der Waals surface area contributed by atoms with Crippen molar-refractivity contribution in [3.05, 3.63) is 12.7 Å². The van der Waals surface area contributed by atoms with Crippen LogP contribution in [0.25, 0.3) is 0 Å². The molecule has 0 aromatic heterocycles. The van der Waals surface area contributed by atoms with Gasteiger partial charge in [-0.1, -0.05) is 6.08 Å². The monoisotopic (exact) mass is 170 g/mol. The lowest BCUT2D eigenvalue weighted by molar-refractivity contribution is -0.193. The molecular formula is C8H10O4. The van der Waals surface area contributed by atoms with Crippen molar-refractivity contribution in [1.82, 2.24) is 0 Å². The minimum Gasteiger partial charge on any atom is -0.448 e. The van der Waals surface area contributed by atoms with Crippen molar-refractivity contribution in [3.63, 3.8) is 0 Å². The van der Waals surface area contributed by atoms with Gasteiger partial charge in [0.15, 0.2) is 6.10 Å². The van der Waals surface area contributed by atoms with Crippen molar-refractivity contribution in [2.45, 2.75) is 25.6 Å². The summed E-state index contributed by atoms with van der Waals surface area (Å²) < 4.78 is 9.47. The Labute approximate surface area is 70.1 Å². The molecule has 0 radical (unpaired) electrons. The summed E-state index contributed by atoms with van der Waals surface area (Å²) >= 11 is 0. The molecule has 0 aromatic carbocycles. The molecule has 0 aromatic rings. The summed E-state index contributed by atoms with van der Waals surface area (Å²) in [6.07, 6.45) is 0.233. The summed E-state index contributed by atoms with van der Waals surface area (Å²) in [6, 6.07) is 0. The fraction of sp³-hybridized carbons (Fsp3) is 0.500. The largest absolute Gasteiger partial charge is 0.448 e. The maximum Gasteiger partial charge on any atom is 0.348 e. The van der Waals surface area contributed by atoms with Crippen molar-refractivity contribution in [2.75, 3.05) is 0 Å². The van der Waals surface area contributed by atoms with Gasteiger partial charge in [-0.05, 0) is 6.92 Å². The number of esters is 2. The Bertz CT molecular complexity index is 221. The van der Waals surface area contributed by atoms with E-state index in [1.807, 2.05) is 0 Å². The van der Waals surface area contributed by atoms with E-state index in [9.17, 15) is 9.59 Å². The predicted octanol–water partition coefficient (Wildman–Crippen LogP) is 0.420. The first kappa shape index (κ1) is 8.77. The van der Waals surface area contributed by atoms with Gasteiger partial charge in [-0.25, -0.2) is 9.59 Å². The maximum absolute atomic E-state index is 11.0. The van der Waals surface area contributed by atoms with Gasteiger partial charge in [0.1, 0.15) is 0 Å². The second-order valence-corrected chi connectivity index (χ2v) is 2.53. The number of hydrogen-bond acceptors (Lipinski definition) is 4. The topological polar surface area (TPSA) is 52.6 Å². The lowest BCUT2D eigenvalue weighted by Crippen LogP contribution is -2.42. The molecule has 0 saturated carbocycles. The molecule has 1 fully saturated rings. The van der Waals surface area contributed by atoms with Gasteiger partial charge in [0, 0.05) is 6.42 Å². The maximum atomic E-state index is 11.0. The van der Waals surface area contributed by atoms with Crippen LogP contribution in [-0.2, 0) is 19.1 Å². The van der Waals surface area contributed by atoms with E-state index in [-0.39, 0.29) is 0 Å². The minimum absolute atomic E-state index is 0.303. The van der Waals surface area contributed by atoms with Crippen molar-refractivity contribution in [2.24, 2.45) is 0 Å². The molecule has 0 aliphatic carbocycles. The van der Waals surface area contributed by atoms with E-state index >= 15 is 0 Å². The highest BCUT2D eigenvalue weighted by molar-refractivity contribution is 5.87. The molecule has 1 aliphatic heterocycles. The van der Waals surface area contributed by atoms with Crippen LogP contribution in [0.4, 0.5) is 0 Å². The Hall–Kier alpha value is -1.32. The average molecular weight is 170 g/mol. The molecular weight excluding hydrogens is 160 g/mol. The van der Waals surface area contributed by atoms with E-state index in [0.29, 0.717) is 6.42 Å². The molecule has 1 heterocycles. The number of carbonyl (C=O) groups excluding carboxylic acids is 2. The Morgan fingerprint density at radius 1 is 1.42 bits per heavy atom. The summed E-state index contributed by atoms with van der Waals surface area (Å²) in [5.41, 5.74) is 0. The van der Waals surface area contributed by atoms with E-state index < -0.39 is 24.1 Å². The van der Waals surface area contributed by atoms with Crippen LogP contribution in [0.5, 0.6) is 0 Å². The van der Waals surface area contributed by atoms with Gasteiger partial charge >= 0.3 is 11.9 Å². The second kappa shape index (κ2) is 3.38. The van der Waals surface area contributed by atoms with Crippen LogP contribution < -0.4 is 0 Å². The van der Waals surface area contributed by atoms with Gasteiger partial charge in [0.05, 0.1) is 0 Å². The highest BCUT2D eigenvalue weighted by Crippen LogP contribution is 2.12. The summed E-state index contributed by atoms with van der Waals surface area (Å²) in [5.74, 6) is -0.997. The normalized spacial score (nSPS) is 29.1. The number of ether oxygens (including phenoxy) is 2. The third-order valence-electron chi connectivity index (χ3n) is 1.53. The average Bonchev–Trinajstić information content (AvgIpc) is 2.01. The standard InChI is InChI=1S/C8H10O4/c1-3-4-6-8(10)11-5(2)7(9)12-6/h3,5-6H,1,4H2,2H3. The van der Waals surface area contributed by atoms with Gasteiger partial charge in [-0.15, -0.1) is 6.58 Å². The fourth-order valence-corrected chi connectivity index (χ4v) is 0.878. The smallest absolute Gasteiger partial charge is 0.348 e. The van der Waals surface area contributed by atoms with E-state index in [4.69, 9.17) is 9.47 Å². The lowest BCUT2D eigenvalue weighted by atomic mass is 10.2. The zero-order chi connectivity index (χ0) is 9.14. The lowest BCUT2D eigenvalue weighted by Gasteiger charge is -2.24. The van der Waals surface area contributed by atoms with Crippen LogP contribution in [0.2, 0.25) is 0 Å². The Morgan fingerprint density at radius 2 is 2.08 bits per heavy atom. The molecule has 0 N–H and O–H groups in total. The van der Waals surface area contributed by atoms with E-state index in [1.165, 1.54) is 13.0 Å². The fourth-order valence-electron chi connectivity index (χ4n) is 0.878. The Kier molecular flexibility index (Phi) is 2.47. The molecule has 1 saturated heterocycles. The second-order valence-electron chi connectivity index (χ2n) is 2.53. The third kappa shape index (κ3) is 1.64. The molecule has 4 nitrogen and oxygen atoms in total. The Morgan fingerprint density at radius 3 is 2.67 bits per heavy atom. The van der Waals surface area contributed by atoms with Crippen molar-refractivity contribution in [1.29, 1.82) is 0 Å². The quantitative estimate of drug-likeness (QED) is 0.445. The third-order valence-corrected chi connectivity index (χ3v) is 1.53. The highest BCUT2D eigenvalue weighted by Gasteiger charge is 2.34. The van der Waals surface area contributed by atoms with Crippen molar-refractivity contribution in [3.8, 4) is 0 Å². The van der Waals surface area contributed by atoms with Crippen LogP contribution in [0, 0.1) is 0 Å². The SMILES string of the molecule is C=CCC1OC(=O)C(C)OC1=O. The van der Waals surface area contributed by atoms with Crippen LogP contribution in [0.3, 0.4) is 0 Å². The molecule has 2 unspecified atom stereocenters. The van der Waals surface area contributed by atoms with Gasteiger partial charge in [0.2, 0.25) is 6.10 Å². The molecule has 1 rings (SSSR count). The van der Waals surface area contributed by atoms with E-state index in [2.05, 4.69) is 6.58 Å². The van der Waals surface area contributed by atoms with Gasteiger partial charge < -0.3 is 9.47 Å².